The molecule has 1 rings (SSSR count). The molecule has 0 saturated carbocycles. The smallest absolute Gasteiger partial charge is 0.146 e. The fourth-order valence-corrected chi connectivity index (χ4v) is 1.78. The maximum atomic E-state index is 13.5. The third-order valence-electron chi connectivity index (χ3n) is 2.53. The standard InChI is InChI=1S/C14H22ClFN2/c1-14(2,3)18-9-5-8-17-10-11-6-4-7-12(15)13(11)16/h4,6-7,17-18H,5,8-10H2,1-3H3. The molecule has 0 amide bonds. The van der Waals surface area contributed by atoms with Crippen molar-refractivity contribution < 1.29 is 4.39 Å². The summed E-state index contributed by atoms with van der Waals surface area (Å²) in [5.41, 5.74) is 0.769. The summed E-state index contributed by atoms with van der Waals surface area (Å²) in [6.07, 6.45) is 1.01. The Bertz CT molecular complexity index is 375. The Labute approximate surface area is 114 Å². The van der Waals surface area contributed by atoms with Crippen molar-refractivity contribution in [1.82, 2.24) is 10.6 Å². The van der Waals surface area contributed by atoms with E-state index in [9.17, 15) is 4.39 Å². The molecule has 0 spiro atoms. The van der Waals surface area contributed by atoms with Gasteiger partial charge in [0.25, 0.3) is 0 Å². The first-order valence-corrected chi connectivity index (χ1v) is 6.66. The van der Waals surface area contributed by atoms with Crippen molar-refractivity contribution in [2.24, 2.45) is 0 Å². The maximum Gasteiger partial charge on any atom is 0.146 e. The van der Waals surface area contributed by atoms with Crippen LogP contribution in [0, 0.1) is 5.82 Å². The molecule has 1 aromatic rings. The SMILES string of the molecule is CC(C)(C)NCCCNCc1cccc(Cl)c1F. The van der Waals surface area contributed by atoms with Gasteiger partial charge in [-0.25, -0.2) is 4.39 Å². The summed E-state index contributed by atoms with van der Waals surface area (Å²) in [6, 6.07) is 5.08. The zero-order valence-electron chi connectivity index (χ0n) is 11.3. The van der Waals surface area contributed by atoms with Gasteiger partial charge in [0.2, 0.25) is 0 Å². The number of rotatable bonds is 6. The van der Waals surface area contributed by atoms with Gasteiger partial charge in [0, 0.05) is 17.6 Å². The molecule has 0 radical (unpaired) electrons. The molecule has 0 fully saturated rings. The van der Waals surface area contributed by atoms with Gasteiger partial charge in [0.1, 0.15) is 5.82 Å². The Morgan fingerprint density at radius 3 is 2.61 bits per heavy atom. The molecule has 0 aliphatic heterocycles. The first kappa shape index (κ1) is 15.4. The Morgan fingerprint density at radius 1 is 1.22 bits per heavy atom. The third-order valence-corrected chi connectivity index (χ3v) is 2.82. The molecular weight excluding hydrogens is 251 g/mol. The van der Waals surface area contributed by atoms with E-state index in [1.54, 1.807) is 18.2 Å². The molecule has 102 valence electrons. The van der Waals surface area contributed by atoms with Gasteiger partial charge in [-0.1, -0.05) is 23.7 Å². The van der Waals surface area contributed by atoms with Gasteiger partial charge in [0.15, 0.2) is 0 Å². The van der Waals surface area contributed by atoms with Crippen molar-refractivity contribution in [2.45, 2.75) is 39.3 Å². The van der Waals surface area contributed by atoms with Crippen molar-refractivity contribution in [3.63, 3.8) is 0 Å². The van der Waals surface area contributed by atoms with Crippen molar-refractivity contribution >= 4 is 11.6 Å². The quantitative estimate of drug-likeness (QED) is 0.776. The predicted molar refractivity (Wildman–Crippen MR) is 75.5 cm³/mol. The highest BCUT2D eigenvalue weighted by atomic mass is 35.5. The summed E-state index contributed by atoms with van der Waals surface area (Å²) in [5.74, 6) is -0.320. The van der Waals surface area contributed by atoms with Gasteiger partial charge in [-0.05, 0) is 46.3 Å². The highest BCUT2D eigenvalue weighted by Gasteiger charge is 2.07. The van der Waals surface area contributed by atoms with E-state index >= 15 is 0 Å². The summed E-state index contributed by atoms with van der Waals surface area (Å²) >= 11 is 5.71. The Kier molecular flexibility index (Phi) is 6.06. The lowest BCUT2D eigenvalue weighted by Crippen LogP contribution is -2.37. The molecule has 4 heteroatoms. The van der Waals surface area contributed by atoms with Crippen molar-refractivity contribution in [2.75, 3.05) is 13.1 Å². The molecule has 0 atom stereocenters. The zero-order valence-corrected chi connectivity index (χ0v) is 12.1. The van der Waals surface area contributed by atoms with Crippen LogP contribution >= 0.6 is 11.6 Å². The second-order valence-corrected chi connectivity index (χ2v) is 5.83. The first-order valence-electron chi connectivity index (χ1n) is 6.29. The van der Waals surface area contributed by atoms with E-state index in [0.717, 1.165) is 19.5 Å². The molecule has 0 bridgehead atoms. The highest BCUT2D eigenvalue weighted by molar-refractivity contribution is 6.30. The molecule has 0 aromatic heterocycles. The van der Waals surface area contributed by atoms with E-state index in [1.165, 1.54) is 0 Å². The largest absolute Gasteiger partial charge is 0.313 e. The fraction of sp³-hybridized carbons (Fsp3) is 0.571. The van der Waals surface area contributed by atoms with E-state index in [0.29, 0.717) is 12.1 Å². The van der Waals surface area contributed by atoms with Crippen LogP contribution in [0.2, 0.25) is 5.02 Å². The number of benzene rings is 1. The Balaban J connectivity index is 2.20. The molecule has 0 unspecified atom stereocenters. The van der Waals surface area contributed by atoms with Crippen LogP contribution in [0.5, 0.6) is 0 Å². The zero-order chi connectivity index (χ0) is 13.6. The molecular formula is C14H22ClFN2. The molecule has 18 heavy (non-hydrogen) atoms. The van der Waals surface area contributed by atoms with E-state index in [4.69, 9.17) is 11.6 Å². The lowest BCUT2D eigenvalue weighted by atomic mass is 10.1. The number of nitrogens with one attached hydrogen (secondary N) is 2. The second kappa shape index (κ2) is 7.07. The molecule has 1 aromatic carbocycles. The number of hydrogen-bond acceptors (Lipinski definition) is 2. The summed E-state index contributed by atoms with van der Waals surface area (Å²) in [4.78, 5) is 0. The molecule has 0 aliphatic carbocycles. The second-order valence-electron chi connectivity index (χ2n) is 5.42. The summed E-state index contributed by atoms with van der Waals surface area (Å²) in [6.45, 7) is 8.75. The van der Waals surface area contributed by atoms with Gasteiger partial charge < -0.3 is 10.6 Å². The van der Waals surface area contributed by atoms with Gasteiger partial charge in [-0.3, -0.25) is 0 Å². The lowest BCUT2D eigenvalue weighted by Gasteiger charge is -2.20. The maximum absolute atomic E-state index is 13.5. The number of hydrogen-bond donors (Lipinski definition) is 2. The third kappa shape index (κ3) is 5.80. The first-order chi connectivity index (χ1) is 8.40. The minimum Gasteiger partial charge on any atom is -0.313 e. The Morgan fingerprint density at radius 2 is 1.94 bits per heavy atom. The van der Waals surface area contributed by atoms with Crippen molar-refractivity contribution in [3.05, 3.63) is 34.6 Å². The van der Waals surface area contributed by atoms with Gasteiger partial charge >= 0.3 is 0 Å². The van der Waals surface area contributed by atoms with Crippen molar-refractivity contribution in [3.8, 4) is 0 Å². The molecule has 0 aliphatic rings. The van der Waals surface area contributed by atoms with Crippen LogP contribution in [0.15, 0.2) is 18.2 Å². The van der Waals surface area contributed by atoms with Crippen LogP contribution in [0.4, 0.5) is 4.39 Å². The lowest BCUT2D eigenvalue weighted by molar-refractivity contribution is 0.418. The Hall–Kier alpha value is -0.640. The average Bonchev–Trinajstić information content (AvgIpc) is 2.27. The summed E-state index contributed by atoms with van der Waals surface area (Å²) < 4.78 is 13.5. The normalized spacial score (nSPS) is 11.8. The predicted octanol–water partition coefficient (Wildman–Crippen LogP) is 3.35. The summed E-state index contributed by atoms with van der Waals surface area (Å²) in [5, 5.41) is 6.81. The van der Waals surface area contributed by atoms with E-state index in [2.05, 4.69) is 31.4 Å². The van der Waals surface area contributed by atoms with Gasteiger partial charge in [0.05, 0.1) is 5.02 Å². The fourth-order valence-electron chi connectivity index (χ4n) is 1.58. The minimum atomic E-state index is -0.320. The van der Waals surface area contributed by atoms with E-state index < -0.39 is 0 Å². The number of halogens is 2. The summed E-state index contributed by atoms with van der Waals surface area (Å²) in [7, 11) is 0. The molecule has 0 saturated heterocycles. The molecule has 2 N–H and O–H groups in total. The van der Waals surface area contributed by atoms with Crippen LogP contribution in [-0.2, 0) is 6.54 Å². The average molecular weight is 273 g/mol. The van der Waals surface area contributed by atoms with Crippen LogP contribution < -0.4 is 10.6 Å². The van der Waals surface area contributed by atoms with Crippen LogP contribution in [0.25, 0.3) is 0 Å². The molecule has 0 heterocycles. The van der Waals surface area contributed by atoms with Crippen LogP contribution in [0.1, 0.15) is 32.8 Å². The van der Waals surface area contributed by atoms with Crippen LogP contribution in [0.3, 0.4) is 0 Å². The van der Waals surface area contributed by atoms with Gasteiger partial charge in [-0.15, -0.1) is 0 Å². The van der Waals surface area contributed by atoms with Gasteiger partial charge in [-0.2, -0.15) is 0 Å². The van der Waals surface area contributed by atoms with E-state index in [-0.39, 0.29) is 16.4 Å². The highest BCUT2D eigenvalue weighted by Crippen LogP contribution is 2.17. The monoisotopic (exact) mass is 272 g/mol. The molecule has 2 nitrogen and oxygen atoms in total. The van der Waals surface area contributed by atoms with E-state index in [1.807, 2.05) is 0 Å². The van der Waals surface area contributed by atoms with Crippen molar-refractivity contribution in [1.29, 1.82) is 0 Å². The topological polar surface area (TPSA) is 24.1 Å². The van der Waals surface area contributed by atoms with Crippen LogP contribution in [-0.4, -0.2) is 18.6 Å². The minimum absolute atomic E-state index is 0.152.